The molecule has 0 fully saturated rings. The van der Waals surface area contributed by atoms with Gasteiger partial charge in [-0.3, -0.25) is 9.59 Å². The number of rotatable bonds is 9. The Labute approximate surface area is 211 Å². The molecule has 0 unspecified atom stereocenters. The number of hydrogen-bond acceptors (Lipinski definition) is 6. The first-order chi connectivity index (χ1) is 16.9. The van der Waals surface area contributed by atoms with Crippen molar-refractivity contribution in [3.63, 3.8) is 0 Å². The maximum atomic E-state index is 12.0. The van der Waals surface area contributed by atoms with Crippen molar-refractivity contribution >= 4 is 39.3 Å². The summed E-state index contributed by atoms with van der Waals surface area (Å²) in [5, 5.41) is 10.8. The first-order valence-corrected chi connectivity index (χ1v) is 12.0. The Morgan fingerprint density at radius 2 is 1.80 bits per heavy atom. The quantitative estimate of drug-likeness (QED) is 0.303. The van der Waals surface area contributed by atoms with E-state index in [9.17, 15) is 9.59 Å². The number of hydrogen-bond donors (Lipinski definition) is 2. The van der Waals surface area contributed by atoms with Crippen molar-refractivity contribution in [3.05, 3.63) is 82.0 Å². The number of fused-ring (bicyclic) bond motifs is 1. The van der Waals surface area contributed by atoms with Crippen molar-refractivity contribution in [3.8, 4) is 11.3 Å². The van der Waals surface area contributed by atoms with Crippen molar-refractivity contribution in [1.82, 2.24) is 19.9 Å². The molecule has 0 radical (unpaired) electrons. The second kappa shape index (κ2) is 11.1. The monoisotopic (exact) mass is 535 g/mol. The van der Waals surface area contributed by atoms with Gasteiger partial charge >= 0.3 is 5.97 Å². The van der Waals surface area contributed by atoms with Gasteiger partial charge in [0, 0.05) is 31.1 Å². The van der Waals surface area contributed by atoms with E-state index in [0.717, 1.165) is 43.9 Å². The van der Waals surface area contributed by atoms with E-state index < -0.39 is 5.97 Å². The summed E-state index contributed by atoms with van der Waals surface area (Å²) in [5.74, 6) is 0.236. The van der Waals surface area contributed by atoms with Crippen LogP contribution in [0.2, 0.25) is 0 Å². The number of carbonyl (C=O) groups is 2. The molecule has 1 amide bonds. The van der Waals surface area contributed by atoms with E-state index in [2.05, 4.69) is 55.5 Å². The van der Waals surface area contributed by atoms with Crippen molar-refractivity contribution in [1.29, 1.82) is 0 Å². The lowest BCUT2D eigenvalue weighted by molar-refractivity contribution is -0.142. The number of benzene rings is 2. The number of halogens is 1. The zero-order valence-electron chi connectivity index (χ0n) is 19.5. The van der Waals surface area contributed by atoms with Gasteiger partial charge in [0.1, 0.15) is 5.82 Å². The molecule has 8 nitrogen and oxygen atoms in total. The zero-order chi connectivity index (χ0) is 24.8. The van der Waals surface area contributed by atoms with Gasteiger partial charge in [-0.2, -0.15) is 9.61 Å². The number of methoxy groups -OCH3 is 1. The van der Waals surface area contributed by atoms with E-state index in [1.807, 2.05) is 42.5 Å². The van der Waals surface area contributed by atoms with Gasteiger partial charge in [-0.1, -0.05) is 48.5 Å². The third-order valence-electron chi connectivity index (χ3n) is 5.59. The molecule has 4 rings (SSSR count). The first kappa shape index (κ1) is 24.4. The topological polar surface area (TPSA) is 97.6 Å². The maximum Gasteiger partial charge on any atom is 0.306 e. The zero-order valence-corrected chi connectivity index (χ0v) is 21.1. The third kappa shape index (κ3) is 6.05. The number of carbonyl (C=O) groups excluding carboxylic acids is 2. The van der Waals surface area contributed by atoms with Crippen LogP contribution in [0.1, 0.15) is 29.5 Å². The van der Waals surface area contributed by atoms with Crippen LogP contribution in [-0.2, 0) is 27.4 Å². The highest BCUT2D eigenvalue weighted by Gasteiger charge is 2.13. The molecule has 0 saturated carbocycles. The summed E-state index contributed by atoms with van der Waals surface area (Å²) in [6.45, 7) is 3.02. The number of amides is 1. The van der Waals surface area contributed by atoms with Gasteiger partial charge in [0.15, 0.2) is 5.65 Å². The molecule has 2 aromatic heterocycles. The summed E-state index contributed by atoms with van der Waals surface area (Å²) in [4.78, 5) is 28.0. The van der Waals surface area contributed by atoms with Crippen LogP contribution in [0.4, 0.5) is 5.82 Å². The van der Waals surface area contributed by atoms with Crippen LogP contribution in [0.15, 0.2) is 65.3 Å². The molecular weight excluding hydrogens is 510 g/mol. The molecule has 4 aromatic rings. The summed E-state index contributed by atoms with van der Waals surface area (Å²) in [7, 11) is 1.31. The van der Waals surface area contributed by atoms with Crippen LogP contribution in [0, 0.1) is 6.92 Å². The summed E-state index contributed by atoms with van der Waals surface area (Å²) in [6, 6.07) is 18.1. The molecule has 0 bridgehead atoms. The minimum atomic E-state index is -0.395. The molecular formula is C26H26BrN5O3. The predicted octanol–water partition coefficient (Wildman–Crippen LogP) is 4.65. The van der Waals surface area contributed by atoms with Crippen LogP contribution in [0.5, 0.6) is 0 Å². The molecule has 0 spiro atoms. The molecule has 35 heavy (non-hydrogen) atoms. The van der Waals surface area contributed by atoms with Crippen molar-refractivity contribution in [2.45, 2.75) is 32.9 Å². The van der Waals surface area contributed by atoms with E-state index in [1.165, 1.54) is 7.11 Å². The van der Waals surface area contributed by atoms with Crippen LogP contribution < -0.4 is 10.6 Å². The lowest BCUT2D eigenvalue weighted by atomic mass is 10.1. The highest BCUT2D eigenvalue weighted by Crippen LogP contribution is 2.28. The van der Waals surface area contributed by atoms with E-state index >= 15 is 0 Å². The van der Waals surface area contributed by atoms with Gasteiger partial charge in [0.25, 0.3) is 0 Å². The number of esters is 1. The SMILES string of the molecule is COC(=O)CCC(=O)NCc1cccc(CNc2cc(-c3ccccc3C)nc3c(Br)cnn23)c1. The fourth-order valence-electron chi connectivity index (χ4n) is 3.71. The van der Waals surface area contributed by atoms with Gasteiger partial charge in [0.2, 0.25) is 5.91 Å². The molecule has 2 aromatic carbocycles. The largest absolute Gasteiger partial charge is 0.469 e. The van der Waals surface area contributed by atoms with E-state index in [0.29, 0.717) is 13.1 Å². The first-order valence-electron chi connectivity index (χ1n) is 11.2. The fourth-order valence-corrected chi connectivity index (χ4v) is 4.06. The van der Waals surface area contributed by atoms with Gasteiger partial charge in [0.05, 0.1) is 29.9 Å². The normalized spacial score (nSPS) is 10.8. The second-order valence-corrected chi connectivity index (χ2v) is 8.95. The average molecular weight is 536 g/mol. The number of anilines is 1. The summed E-state index contributed by atoms with van der Waals surface area (Å²) < 4.78 is 7.17. The Balaban J connectivity index is 1.47. The van der Waals surface area contributed by atoms with Crippen LogP contribution in [0.25, 0.3) is 16.9 Å². The standard InChI is InChI=1S/C26H26BrN5O3/c1-17-6-3-4-9-20(17)22-13-23(32-26(31-22)21(27)16-30-32)28-14-18-7-5-8-19(12-18)15-29-24(33)10-11-25(34)35-2/h3-9,12-13,16,28H,10-11,14-15H2,1-2H3,(H,29,33). The van der Waals surface area contributed by atoms with Gasteiger partial charge in [-0.15, -0.1) is 0 Å². The second-order valence-electron chi connectivity index (χ2n) is 8.10. The minimum Gasteiger partial charge on any atom is -0.469 e. The van der Waals surface area contributed by atoms with Crippen LogP contribution in [0.3, 0.4) is 0 Å². The summed E-state index contributed by atoms with van der Waals surface area (Å²) in [6.07, 6.45) is 1.91. The van der Waals surface area contributed by atoms with Crippen LogP contribution >= 0.6 is 15.9 Å². The van der Waals surface area contributed by atoms with E-state index in [4.69, 9.17) is 4.98 Å². The Hall–Kier alpha value is -3.72. The number of nitrogens with zero attached hydrogens (tertiary/aromatic N) is 3. The molecule has 2 N–H and O–H groups in total. The lowest BCUT2D eigenvalue weighted by Crippen LogP contribution is -2.23. The molecule has 9 heteroatoms. The molecule has 180 valence electrons. The Morgan fingerprint density at radius 3 is 2.57 bits per heavy atom. The Kier molecular flexibility index (Phi) is 7.77. The summed E-state index contributed by atoms with van der Waals surface area (Å²) in [5.41, 5.74) is 5.83. The Bertz CT molecular complexity index is 1370. The minimum absolute atomic E-state index is 0.0702. The van der Waals surface area contributed by atoms with Crippen molar-refractivity contribution in [2.75, 3.05) is 12.4 Å². The highest BCUT2D eigenvalue weighted by molar-refractivity contribution is 9.10. The van der Waals surface area contributed by atoms with Crippen molar-refractivity contribution < 1.29 is 14.3 Å². The number of nitrogens with one attached hydrogen (secondary N) is 2. The Morgan fingerprint density at radius 1 is 1.03 bits per heavy atom. The molecule has 0 aliphatic heterocycles. The molecule has 0 atom stereocenters. The predicted molar refractivity (Wildman–Crippen MR) is 138 cm³/mol. The van der Waals surface area contributed by atoms with Gasteiger partial charge in [-0.05, 0) is 39.5 Å². The third-order valence-corrected chi connectivity index (χ3v) is 6.15. The highest BCUT2D eigenvalue weighted by atomic mass is 79.9. The molecule has 0 aliphatic rings. The van der Waals surface area contributed by atoms with Crippen molar-refractivity contribution in [2.24, 2.45) is 0 Å². The summed E-state index contributed by atoms with van der Waals surface area (Å²) >= 11 is 3.55. The van der Waals surface area contributed by atoms with Gasteiger partial charge < -0.3 is 15.4 Å². The number of aromatic nitrogens is 3. The fraction of sp³-hybridized carbons (Fsp3) is 0.231. The number of aryl methyl sites for hydroxylation is 1. The molecule has 0 aliphatic carbocycles. The molecule has 0 saturated heterocycles. The smallest absolute Gasteiger partial charge is 0.306 e. The number of ether oxygens (including phenoxy) is 1. The molecule has 2 heterocycles. The van der Waals surface area contributed by atoms with E-state index in [1.54, 1.807) is 10.7 Å². The lowest BCUT2D eigenvalue weighted by Gasteiger charge is -2.13. The van der Waals surface area contributed by atoms with Gasteiger partial charge in [-0.25, -0.2) is 4.98 Å². The average Bonchev–Trinajstić information content (AvgIpc) is 3.25. The maximum absolute atomic E-state index is 12.0. The van der Waals surface area contributed by atoms with Crippen LogP contribution in [-0.4, -0.2) is 33.6 Å². The van der Waals surface area contributed by atoms with E-state index in [-0.39, 0.29) is 18.7 Å².